The summed E-state index contributed by atoms with van der Waals surface area (Å²) in [4.78, 5) is 18.4. The van der Waals surface area contributed by atoms with Crippen LogP contribution in [0.25, 0.3) is 17.2 Å². The van der Waals surface area contributed by atoms with Crippen LogP contribution in [0.1, 0.15) is 19.5 Å². The Hall–Kier alpha value is -2.75. The Kier molecular flexibility index (Phi) is 4.02. The topological polar surface area (TPSA) is 68.4 Å². The first kappa shape index (κ1) is 17.7. The Morgan fingerprint density at radius 3 is 2.70 bits per heavy atom. The molecule has 1 fully saturated rings. The summed E-state index contributed by atoms with van der Waals surface area (Å²) in [5.41, 5.74) is -0.597. The molecule has 0 aliphatic carbocycles. The quantitative estimate of drug-likeness (QED) is 0.683. The molecule has 142 valence electrons. The van der Waals surface area contributed by atoms with Gasteiger partial charge in [-0.2, -0.15) is 13.2 Å². The normalized spacial score (nSPS) is 17.4. The minimum Gasteiger partial charge on any atom is -0.377 e. The first-order valence-corrected chi connectivity index (χ1v) is 8.35. The highest BCUT2D eigenvalue weighted by Crippen LogP contribution is 2.30. The fraction of sp³-hybridized carbons (Fsp3) is 0.412. The van der Waals surface area contributed by atoms with Gasteiger partial charge in [0.15, 0.2) is 17.2 Å². The van der Waals surface area contributed by atoms with E-state index in [1.165, 1.54) is 10.6 Å². The molecular formula is C17H17F3N6O. The van der Waals surface area contributed by atoms with E-state index in [-0.39, 0.29) is 5.54 Å². The number of anilines is 1. The number of alkyl halides is 3. The summed E-state index contributed by atoms with van der Waals surface area (Å²) in [6.45, 7) is 5.90. The van der Waals surface area contributed by atoms with E-state index in [0.29, 0.717) is 42.7 Å². The number of aromatic nitrogens is 5. The average Bonchev–Trinajstić information content (AvgIpc) is 3.04. The van der Waals surface area contributed by atoms with Gasteiger partial charge < -0.3 is 9.64 Å². The maximum absolute atomic E-state index is 13.0. The molecule has 0 amide bonds. The largest absolute Gasteiger partial charge is 0.434 e. The first-order valence-electron chi connectivity index (χ1n) is 8.35. The predicted molar refractivity (Wildman–Crippen MR) is 91.3 cm³/mol. The molecule has 1 saturated heterocycles. The SMILES string of the molecule is CC1(C)COCCN1c1ccnc(-c2cnc3cnc(C(F)(F)F)cn23)n1. The van der Waals surface area contributed by atoms with Crippen molar-refractivity contribution in [3.05, 3.63) is 36.5 Å². The number of hydrogen-bond donors (Lipinski definition) is 0. The van der Waals surface area contributed by atoms with Gasteiger partial charge >= 0.3 is 6.18 Å². The van der Waals surface area contributed by atoms with Gasteiger partial charge in [-0.15, -0.1) is 0 Å². The second-order valence-corrected chi connectivity index (χ2v) is 6.90. The molecule has 7 nitrogen and oxygen atoms in total. The maximum atomic E-state index is 13.0. The number of imidazole rings is 1. The lowest BCUT2D eigenvalue weighted by atomic mass is 10.0. The third kappa shape index (κ3) is 3.20. The minimum atomic E-state index is -4.55. The lowest BCUT2D eigenvalue weighted by Crippen LogP contribution is -2.53. The Morgan fingerprint density at radius 1 is 1.15 bits per heavy atom. The van der Waals surface area contributed by atoms with Gasteiger partial charge in [0.05, 0.1) is 31.1 Å². The van der Waals surface area contributed by atoms with Gasteiger partial charge in [-0.05, 0) is 19.9 Å². The summed E-state index contributed by atoms with van der Waals surface area (Å²) >= 11 is 0. The summed E-state index contributed by atoms with van der Waals surface area (Å²) in [5, 5.41) is 0. The summed E-state index contributed by atoms with van der Waals surface area (Å²) in [6, 6.07) is 1.78. The molecule has 3 aromatic rings. The van der Waals surface area contributed by atoms with Gasteiger partial charge in [0.2, 0.25) is 0 Å². The summed E-state index contributed by atoms with van der Waals surface area (Å²) in [6.07, 6.45) is 0.485. The second kappa shape index (κ2) is 6.15. The van der Waals surface area contributed by atoms with Crippen molar-refractivity contribution in [2.24, 2.45) is 0 Å². The summed E-state index contributed by atoms with van der Waals surface area (Å²) < 4.78 is 45.8. The molecule has 0 spiro atoms. The Balaban J connectivity index is 1.78. The zero-order valence-corrected chi connectivity index (χ0v) is 14.7. The maximum Gasteiger partial charge on any atom is 0.434 e. The molecule has 0 unspecified atom stereocenters. The number of ether oxygens (including phenoxy) is 1. The van der Waals surface area contributed by atoms with Crippen molar-refractivity contribution in [3.8, 4) is 11.5 Å². The Bertz CT molecular complexity index is 984. The molecule has 0 saturated carbocycles. The van der Waals surface area contributed by atoms with Crippen molar-refractivity contribution in [2.75, 3.05) is 24.7 Å². The fourth-order valence-corrected chi connectivity index (χ4v) is 3.11. The van der Waals surface area contributed by atoms with Crippen molar-refractivity contribution in [3.63, 3.8) is 0 Å². The molecule has 4 rings (SSSR count). The Labute approximate surface area is 152 Å². The zero-order valence-electron chi connectivity index (χ0n) is 14.7. The number of morpholine rings is 1. The van der Waals surface area contributed by atoms with Crippen molar-refractivity contribution >= 4 is 11.5 Å². The van der Waals surface area contributed by atoms with Crippen LogP contribution in [0, 0.1) is 0 Å². The zero-order chi connectivity index (χ0) is 19.2. The van der Waals surface area contributed by atoms with Crippen LogP contribution < -0.4 is 4.90 Å². The highest BCUT2D eigenvalue weighted by atomic mass is 19.4. The molecular weight excluding hydrogens is 361 g/mol. The lowest BCUT2D eigenvalue weighted by molar-refractivity contribution is -0.141. The van der Waals surface area contributed by atoms with Crippen LogP contribution in [0.15, 0.2) is 30.9 Å². The smallest absolute Gasteiger partial charge is 0.377 e. The van der Waals surface area contributed by atoms with Crippen LogP contribution in [0.4, 0.5) is 19.0 Å². The van der Waals surface area contributed by atoms with E-state index >= 15 is 0 Å². The molecule has 4 heterocycles. The van der Waals surface area contributed by atoms with E-state index in [1.807, 2.05) is 13.8 Å². The minimum absolute atomic E-state index is 0.253. The van der Waals surface area contributed by atoms with Gasteiger partial charge in [0.25, 0.3) is 0 Å². The van der Waals surface area contributed by atoms with Crippen LogP contribution >= 0.6 is 0 Å². The molecule has 27 heavy (non-hydrogen) atoms. The van der Waals surface area contributed by atoms with Crippen molar-refractivity contribution < 1.29 is 17.9 Å². The first-order chi connectivity index (χ1) is 12.8. The van der Waals surface area contributed by atoms with Gasteiger partial charge in [-0.25, -0.2) is 19.9 Å². The highest BCUT2D eigenvalue weighted by Gasteiger charge is 2.34. The second-order valence-electron chi connectivity index (χ2n) is 6.90. The van der Waals surface area contributed by atoms with E-state index < -0.39 is 11.9 Å². The number of rotatable bonds is 2. The molecule has 0 radical (unpaired) electrons. The lowest BCUT2D eigenvalue weighted by Gasteiger charge is -2.42. The van der Waals surface area contributed by atoms with Gasteiger partial charge in [0.1, 0.15) is 11.5 Å². The van der Waals surface area contributed by atoms with E-state index in [9.17, 15) is 13.2 Å². The molecule has 0 aromatic carbocycles. The van der Waals surface area contributed by atoms with Crippen molar-refractivity contribution in [1.29, 1.82) is 0 Å². The molecule has 1 aliphatic heterocycles. The third-order valence-electron chi connectivity index (χ3n) is 4.48. The summed E-state index contributed by atoms with van der Waals surface area (Å²) in [7, 11) is 0. The standard InChI is InChI=1S/C17H17F3N6O/c1-16(2)10-27-6-5-26(16)13-3-4-21-15(24-13)11-7-23-14-8-22-12(9-25(11)14)17(18,19)20/h3-4,7-9H,5-6,10H2,1-2H3. The van der Waals surface area contributed by atoms with Crippen molar-refractivity contribution in [2.45, 2.75) is 25.6 Å². The van der Waals surface area contributed by atoms with Crippen LogP contribution in [0.3, 0.4) is 0 Å². The van der Waals surface area contributed by atoms with Gasteiger partial charge in [-0.3, -0.25) is 4.40 Å². The van der Waals surface area contributed by atoms with Gasteiger partial charge in [0, 0.05) is 18.9 Å². The van der Waals surface area contributed by atoms with Crippen LogP contribution in [0.2, 0.25) is 0 Å². The Morgan fingerprint density at radius 2 is 1.96 bits per heavy atom. The van der Waals surface area contributed by atoms with E-state index in [1.54, 1.807) is 12.3 Å². The van der Waals surface area contributed by atoms with Crippen LogP contribution in [0.5, 0.6) is 0 Å². The van der Waals surface area contributed by atoms with E-state index in [2.05, 4.69) is 24.8 Å². The molecule has 0 atom stereocenters. The monoisotopic (exact) mass is 378 g/mol. The molecule has 3 aromatic heterocycles. The van der Waals surface area contributed by atoms with Gasteiger partial charge in [-0.1, -0.05) is 0 Å². The number of hydrogen-bond acceptors (Lipinski definition) is 6. The number of nitrogens with zero attached hydrogens (tertiary/aromatic N) is 6. The average molecular weight is 378 g/mol. The third-order valence-corrected chi connectivity index (χ3v) is 4.48. The molecule has 0 N–H and O–H groups in total. The predicted octanol–water partition coefficient (Wildman–Crippen LogP) is 2.82. The van der Waals surface area contributed by atoms with Crippen LogP contribution in [-0.4, -0.2) is 49.6 Å². The number of halogens is 3. The molecule has 1 aliphatic rings. The fourth-order valence-electron chi connectivity index (χ4n) is 3.11. The van der Waals surface area contributed by atoms with Crippen molar-refractivity contribution in [1.82, 2.24) is 24.3 Å². The van der Waals surface area contributed by atoms with E-state index in [0.717, 1.165) is 12.4 Å². The molecule has 0 bridgehead atoms. The highest BCUT2D eigenvalue weighted by molar-refractivity contribution is 5.58. The van der Waals surface area contributed by atoms with Crippen LogP contribution in [-0.2, 0) is 10.9 Å². The van der Waals surface area contributed by atoms with E-state index in [4.69, 9.17) is 4.74 Å². The number of fused-ring (bicyclic) bond motifs is 1. The summed E-state index contributed by atoms with van der Waals surface area (Å²) in [5.74, 6) is 0.981. The molecule has 10 heteroatoms.